The molecule has 1 atom stereocenters. The van der Waals surface area contributed by atoms with E-state index in [2.05, 4.69) is 76.7 Å². The summed E-state index contributed by atoms with van der Waals surface area (Å²) in [6.07, 6.45) is 0. The molecule has 0 aliphatic heterocycles. The smallest absolute Gasteiger partial charge is 0.124 e. The monoisotopic (exact) mass is 461 g/mol. The summed E-state index contributed by atoms with van der Waals surface area (Å²) < 4.78 is 15.4. The predicted octanol–water partition coefficient (Wildman–Crippen LogP) is 5.51. The van der Waals surface area contributed by atoms with Gasteiger partial charge in [0.25, 0.3) is 0 Å². The van der Waals surface area contributed by atoms with Gasteiger partial charge in [0, 0.05) is 8.04 Å². The molecule has 0 spiro atoms. The third kappa shape index (κ3) is 3.85. The Kier molecular flexibility index (Phi) is 5.80. The Morgan fingerprint density at radius 2 is 1.86 bits per heavy atom. The van der Waals surface area contributed by atoms with Gasteiger partial charge in [0.05, 0.1) is 6.04 Å². The van der Waals surface area contributed by atoms with Gasteiger partial charge in [-0.25, -0.2) is 4.39 Å². The van der Waals surface area contributed by atoms with E-state index in [-0.39, 0.29) is 11.9 Å². The SMILES string of the molecule is CCNC(c1cc(C)c(Br)cc1C)c1ccc(F)cc1I. The maximum absolute atomic E-state index is 13.4. The molecule has 0 amide bonds. The molecule has 2 aromatic carbocycles. The van der Waals surface area contributed by atoms with Gasteiger partial charge in [-0.2, -0.15) is 0 Å². The Morgan fingerprint density at radius 1 is 1.14 bits per heavy atom. The van der Waals surface area contributed by atoms with Crippen molar-refractivity contribution in [2.75, 3.05) is 6.54 Å². The minimum absolute atomic E-state index is 0.0781. The summed E-state index contributed by atoms with van der Waals surface area (Å²) in [5, 5.41) is 3.52. The number of halogens is 3. The number of aryl methyl sites for hydroxylation is 2. The highest BCUT2D eigenvalue weighted by Crippen LogP contribution is 2.31. The normalized spacial score (nSPS) is 12.5. The van der Waals surface area contributed by atoms with Crippen LogP contribution in [0.25, 0.3) is 0 Å². The first-order chi connectivity index (χ1) is 9.93. The van der Waals surface area contributed by atoms with E-state index in [0.29, 0.717) is 0 Å². The Hall–Kier alpha value is -0.460. The van der Waals surface area contributed by atoms with Crippen molar-refractivity contribution in [1.82, 2.24) is 5.32 Å². The van der Waals surface area contributed by atoms with E-state index in [1.54, 1.807) is 6.07 Å². The third-order valence-electron chi connectivity index (χ3n) is 3.54. The molecule has 0 bridgehead atoms. The molecule has 1 unspecified atom stereocenters. The topological polar surface area (TPSA) is 12.0 Å². The average molecular weight is 462 g/mol. The fourth-order valence-corrected chi connectivity index (χ4v) is 3.69. The summed E-state index contributed by atoms with van der Waals surface area (Å²) in [5.74, 6) is -0.192. The summed E-state index contributed by atoms with van der Waals surface area (Å²) >= 11 is 5.78. The molecule has 112 valence electrons. The zero-order valence-electron chi connectivity index (χ0n) is 12.3. The number of hydrogen-bond donors (Lipinski definition) is 1. The molecule has 21 heavy (non-hydrogen) atoms. The quantitative estimate of drug-likeness (QED) is 0.592. The predicted molar refractivity (Wildman–Crippen MR) is 98.3 cm³/mol. The Bertz CT molecular complexity index is 657. The van der Waals surface area contributed by atoms with E-state index in [9.17, 15) is 4.39 Å². The summed E-state index contributed by atoms with van der Waals surface area (Å²) in [5.41, 5.74) is 4.78. The first-order valence-corrected chi connectivity index (χ1v) is 8.76. The van der Waals surface area contributed by atoms with Crippen LogP contribution in [0.2, 0.25) is 0 Å². The van der Waals surface area contributed by atoms with E-state index in [0.717, 1.165) is 20.2 Å². The lowest BCUT2D eigenvalue weighted by Gasteiger charge is -2.23. The van der Waals surface area contributed by atoms with E-state index < -0.39 is 0 Å². The molecule has 0 heterocycles. The summed E-state index contributed by atoms with van der Waals surface area (Å²) in [6.45, 7) is 7.14. The first-order valence-electron chi connectivity index (χ1n) is 6.89. The molecular weight excluding hydrogens is 444 g/mol. The molecule has 2 aromatic rings. The van der Waals surface area contributed by atoms with Crippen molar-refractivity contribution in [2.24, 2.45) is 0 Å². The van der Waals surface area contributed by atoms with Gasteiger partial charge in [0.1, 0.15) is 5.82 Å². The number of nitrogens with one attached hydrogen (secondary N) is 1. The fraction of sp³-hybridized carbons (Fsp3) is 0.294. The van der Waals surface area contributed by atoms with Crippen LogP contribution in [0.4, 0.5) is 4.39 Å². The first kappa shape index (κ1) is 16.9. The van der Waals surface area contributed by atoms with Crippen LogP contribution in [0.1, 0.15) is 35.2 Å². The standard InChI is InChI=1S/C17H18BrFIN/c1-4-21-17(13-6-5-12(19)9-16(13)20)14-7-11(3)15(18)8-10(14)2/h5-9,17,21H,4H2,1-3H3. The van der Waals surface area contributed by atoms with Crippen LogP contribution in [0.5, 0.6) is 0 Å². The lowest BCUT2D eigenvalue weighted by atomic mass is 9.93. The summed E-state index contributed by atoms with van der Waals surface area (Å²) in [4.78, 5) is 0. The maximum Gasteiger partial charge on any atom is 0.124 e. The second-order valence-electron chi connectivity index (χ2n) is 5.11. The lowest BCUT2D eigenvalue weighted by Crippen LogP contribution is -2.24. The highest BCUT2D eigenvalue weighted by molar-refractivity contribution is 14.1. The van der Waals surface area contributed by atoms with Crippen LogP contribution < -0.4 is 5.32 Å². The molecule has 0 aliphatic carbocycles. The van der Waals surface area contributed by atoms with Gasteiger partial charge in [0.2, 0.25) is 0 Å². The molecule has 1 nitrogen and oxygen atoms in total. The van der Waals surface area contributed by atoms with Crippen molar-refractivity contribution in [3.63, 3.8) is 0 Å². The molecule has 4 heteroatoms. The molecular formula is C17H18BrFIN. The van der Waals surface area contributed by atoms with Gasteiger partial charge in [-0.1, -0.05) is 35.0 Å². The highest BCUT2D eigenvalue weighted by atomic mass is 127. The van der Waals surface area contributed by atoms with Crippen molar-refractivity contribution in [3.05, 3.63) is 66.4 Å². The van der Waals surface area contributed by atoms with Crippen LogP contribution in [0, 0.1) is 23.2 Å². The van der Waals surface area contributed by atoms with Gasteiger partial charge in [-0.05, 0) is 83.4 Å². The van der Waals surface area contributed by atoms with Gasteiger partial charge >= 0.3 is 0 Å². The van der Waals surface area contributed by atoms with Crippen molar-refractivity contribution >= 4 is 38.5 Å². The second kappa shape index (κ2) is 7.20. The Morgan fingerprint density at radius 3 is 2.48 bits per heavy atom. The van der Waals surface area contributed by atoms with Crippen LogP contribution in [0.3, 0.4) is 0 Å². The van der Waals surface area contributed by atoms with Gasteiger partial charge in [-0.15, -0.1) is 0 Å². The van der Waals surface area contributed by atoms with E-state index in [4.69, 9.17) is 0 Å². The van der Waals surface area contributed by atoms with Gasteiger partial charge in [-0.3, -0.25) is 0 Å². The lowest BCUT2D eigenvalue weighted by molar-refractivity contribution is 0.609. The largest absolute Gasteiger partial charge is 0.306 e. The average Bonchev–Trinajstić information content (AvgIpc) is 2.41. The Labute approximate surface area is 147 Å². The maximum atomic E-state index is 13.4. The van der Waals surface area contributed by atoms with Crippen LogP contribution in [-0.2, 0) is 0 Å². The summed E-state index contributed by atoms with van der Waals surface area (Å²) in [6, 6.07) is 9.41. The molecule has 0 aliphatic rings. The van der Waals surface area contributed by atoms with Gasteiger partial charge < -0.3 is 5.32 Å². The van der Waals surface area contributed by atoms with Crippen LogP contribution >= 0.6 is 38.5 Å². The molecule has 0 radical (unpaired) electrons. The van der Waals surface area contributed by atoms with E-state index in [1.165, 1.54) is 22.8 Å². The summed E-state index contributed by atoms with van der Waals surface area (Å²) in [7, 11) is 0. The Balaban J connectivity index is 2.55. The zero-order valence-corrected chi connectivity index (χ0v) is 16.0. The molecule has 1 N–H and O–H groups in total. The number of hydrogen-bond acceptors (Lipinski definition) is 1. The zero-order chi connectivity index (χ0) is 15.6. The van der Waals surface area contributed by atoms with Crippen molar-refractivity contribution in [3.8, 4) is 0 Å². The fourth-order valence-electron chi connectivity index (χ4n) is 2.44. The van der Waals surface area contributed by atoms with Crippen LogP contribution in [-0.4, -0.2) is 6.54 Å². The van der Waals surface area contributed by atoms with Crippen LogP contribution in [0.15, 0.2) is 34.8 Å². The number of benzene rings is 2. The van der Waals surface area contributed by atoms with E-state index in [1.807, 2.05) is 6.07 Å². The minimum Gasteiger partial charge on any atom is -0.306 e. The van der Waals surface area contributed by atoms with Crippen molar-refractivity contribution < 1.29 is 4.39 Å². The second-order valence-corrected chi connectivity index (χ2v) is 7.13. The third-order valence-corrected chi connectivity index (χ3v) is 5.33. The van der Waals surface area contributed by atoms with Gasteiger partial charge in [0.15, 0.2) is 0 Å². The molecule has 0 saturated carbocycles. The highest BCUT2D eigenvalue weighted by Gasteiger charge is 2.19. The minimum atomic E-state index is -0.192. The molecule has 0 aromatic heterocycles. The van der Waals surface area contributed by atoms with Crippen molar-refractivity contribution in [1.29, 1.82) is 0 Å². The molecule has 0 fully saturated rings. The van der Waals surface area contributed by atoms with Crippen molar-refractivity contribution in [2.45, 2.75) is 26.8 Å². The van der Waals surface area contributed by atoms with E-state index >= 15 is 0 Å². The molecule has 0 saturated heterocycles. The molecule has 2 rings (SSSR count). The number of rotatable bonds is 4.